The lowest BCUT2D eigenvalue weighted by atomic mass is 10.1. The third-order valence-corrected chi connectivity index (χ3v) is 4.28. The van der Waals surface area contributed by atoms with E-state index in [1.54, 1.807) is 12.3 Å². The van der Waals surface area contributed by atoms with Crippen LogP contribution in [-0.2, 0) is 17.8 Å². The first-order chi connectivity index (χ1) is 11.0. The lowest BCUT2D eigenvalue weighted by Gasteiger charge is -2.17. The lowest BCUT2D eigenvalue weighted by Crippen LogP contribution is -2.30. The Kier molecular flexibility index (Phi) is 6.57. The average Bonchev–Trinajstić information content (AvgIpc) is 2.50. The second kappa shape index (κ2) is 8.43. The van der Waals surface area contributed by atoms with Crippen LogP contribution in [0, 0.1) is 0 Å². The standard InChI is InChI=1S/C17H19BrClN3O/c1-3-12-6-4-5-7-15(12)21-17(23)11-22(2)10-16-14(18)8-13(19)9-20-16/h4-9H,3,10-11H2,1-2H3,(H,21,23). The number of amides is 1. The van der Waals surface area contributed by atoms with Gasteiger partial charge in [-0.2, -0.15) is 0 Å². The molecule has 0 fully saturated rings. The van der Waals surface area contributed by atoms with E-state index in [0.29, 0.717) is 11.6 Å². The zero-order valence-electron chi connectivity index (χ0n) is 13.1. The summed E-state index contributed by atoms with van der Waals surface area (Å²) >= 11 is 9.33. The predicted octanol–water partition coefficient (Wildman–Crippen LogP) is 4.13. The first-order valence-corrected chi connectivity index (χ1v) is 8.53. The molecule has 0 spiro atoms. The minimum atomic E-state index is -0.0431. The molecule has 0 saturated heterocycles. The van der Waals surface area contributed by atoms with Gasteiger partial charge in [0.15, 0.2) is 0 Å². The van der Waals surface area contributed by atoms with Crippen molar-refractivity contribution in [3.63, 3.8) is 0 Å². The number of para-hydroxylation sites is 1. The van der Waals surface area contributed by atoms with Gasteiger partial charge in [0.25, 0.3) is 0 Å². The number of carbonyl (C=O) groups excluding carboxylic acids is 1. The van der Waals surface area contributed by atoms with Crippen LogP contribution in [0.1, 0.15) is 18.2 Å². The fourth-order valence-electron chi connectivity index (χ4n) is 2.26. The first-order valence-electron chi connectivity index (χ1n) is 7.35. The van der Waals surface area contributed by atoms with Crippen LogP contribution < -0.4 is 5.32 Å². The predicted molar refractivity (Wildman–Crippen MR) is 97.7 cm³/mol. The first kappa shape index (κ1) is 17.9. The average molecular weight is 397 g/mol. The van der Waals surface area contributed by atoms with Crippen LogP contribution in [0.4, 0.5) is 5.69 Å². The molecule has 2 rings (SSSR count). The Morgan fingerprint density at radius 1 is 1.39 bits per heavy atom. The molecule has 0 saturated carbocycles. The van der Waals surface area contributed by atoms with E-state index in [2.05, 4.69) is 33.2 Å². The van der Waals surface area contributed by atoms with Crippen LogP contribution in [-0.4, -0.2) is 29.4 Å². The Hall–Kier alpha value is -1.43. The maximum absolute atomic E-state index is 12.2. The van der Waals surface area contributed by atoms with E-state index in [-0.39, 0.29) is 12.5 Å². The zero-order chi connectivity index (χ0) is 16.8. The summed E-state index contributed by atoms with van der Waals surface area (Å²) in [6.07, 6.45) is 2.49. The number of nitrogens with zero attached hydrogens (tertiary/aromatic N) is 2. The Balaban J connectivity index is 1.94. The van der Waals surface area contributed by atoms with Gasteiger partial charge in [-0.3, -0.25) is 14.7 Å². The molecule has 4 nitrogen and oxygen atoms in total. The summed E-state index contributed by atoms with van der Waals surface area (Å²) in [5, 5.41) is 3.55. The molecule has 0 aliphatic carbocycles. The van der Waals surface area contributed by atoms with Crippen LogP contribution in [0.3, 0.4) is 0 Å². The summed E-state index contributed by atoms with van der Waals surface area (Å²) in [5.41, 5.74) is 2.85. The highest BCUT2D eigenvalue weighted by Gasteiger charge is 2.11. The van der Waals surface area contributed by atoms with Crippen LogP contribution in [0.2, 0.25) is 5.02 Å². The van der Waals surface area contributed by atoms with Gasteiger partial charge in [0, 0.05) is 22.9 Å². The highest BCUT2D eigenvalue weighted by molar-refractivity contribution is 9.10. The summed E-state index contributed by atoms with van der Waals surface area (Å²) in [6.45, 7) is 2.91. The fraction of sp³-hybridized carbons (Fsp3) is 0.294. The van der Waals surface area contributed by atoms with E-state index in [0.717, 1.165) is 27.8 Å². The molecule has 1 N–H and O–H groups in total. The molecule has 0 aliphatic rings. The molecule has 2 aromatic rings. The van der Waals surface area contributed by atoms with Crippen LogP contribution in [0.25, 0.3) is 0 Å². The normalized spacial score (nSPS) is 10.8. The topological polar surface area (TPSA) is 45.2 Å². The third-order valence-electron chi connectivity index (χ3n) is 3.39. The van der Waals surface area contributed by atoms with Crippen molar-refractivity contribution in [3.8, 4) is 0 Å². The monoisotopic (exact) mass is 395 g/mol. The molecule has 0 atom stereocenters. The maximum Gasteiger partial charge on any atom is 0.238 e. The van der Waals surface area contributed by atoms with E-state index in [9.17, 15) is 4.79 Å². The number of hydrogen-bond acceptors (Lipinski definition) is 3. The van der Waals surface area contributed by atoms with E-state index < -0.39 is 0 Å². The molecule has 1 heterocycles. The van der Waals surface area contributed by atoms with E-state index in [1.165, 1.54) is 0 Å². The number of aromatic nitrogens is 1. The molecule has 0 radical (unpaired) electrons. The summed E-state index contributed by atoms with van der Waals surface area (Å²) in [4.78, 5) is 18.4. The number of halogens is 2. The van der Waals surface area contributed by atoms with Gasteiger partial charge in [0.2, 0.25) is 5.91 Å². The lowest BCUT2D eigenvalue weighted by molar-refractivity contribution is -0.117. The largest absolute Gasteiger partial charge is 0.325 e. The number of likely N-dealkylation sites (N-methyl/N-ethyl adjacent to an activating group) is 1. The van der Waals surface area contributed by atoms with Gasteiger partial charge in [0.1, 0.15) is 0 Å². The van der Waals surface area contributed by atoms with Gasteiger partial charge in [-0.05, 0) is 47.1 Å². The number of nitrogens with one attached hydrogen (secondary N) is 1. The Bertz CT molecular complexity index is 693. The number of hydrogen-bond donors (Lipinski definition) is 1. The molecule has 6 heteroatoms. The van der Waals surface area contributed by atoms with Crippen molar-refractivity contribution < 1.29 is 4.79 Å². The van der Waals surface area contributed by atoms with E-state index >= 15 is 0 Å². The van der Waals surface area contributed by atoms with Gasteiger partial charge < -0.3 is 5.32 Å². The van der Waals surface area contributed by atoms with Gasteiger partial charge >= 0.3 is 0 Å². The Morgan fingerprint density at radius 3 is 2.83 bits per heavy atom. The SMILES string of the molecule is CCc1ccccc1NC(=O)CN(C)Cc1ncc(Cl)cc1Br. The van der Waals surface area contributed by atoms with E-state index in [4.69, 9.17) is 11.6 Å². The summed E-state index contributed by atoms with van der Waals surface area (Å²) < 4.78 is 0.841. The quantitative estimate of drug-likeness (QED) is 0.798. The second-order valence-electron chi connectivity index (χ2n) is 5.31. The molecular weight excluding hydrogens is 378 g/mol. The molecule has 0 unspecified atom stereocenters. The highest BCUT2D eigenvalue weighted by atomic mass is 79.9. The number of carbonyl (C=O) groups is 1. The minimum Gasteiger partial charge on any atom is -0.325 e. The van der Waals surface area contributed by atoms with Crippen molar-refractivity contribution in [2.75, 3.05) is 18.9 Å². The number of aryl methyl sites for hydroxylation is 1. The third kappa shape index (κ3) is 5.30. The second-order valence-corrected chi connectivity index (χ2v) is 6.60. The summed E-state index contributed by atoms with van der Waals surface area (Å²) in [6, 6.07) is 9.65. The summed E-state index contributed by atoms with van der Waals surface area (Å²) in [5.74, 6) is -0.0431. The van der Waals surface area contributed by atoms with E-state index in [1.807, 2.05) is 36.2 Å². The molecule has 1 aromatic heterocycles. The van der Waals surface area contributed by atoms with Gasteiger partial charge in [-0.1, -0.05) is 36.7 Å². The number of benzene rings is 1. The van der Waals surface area contributed by atoms with Crippen LogP contribution in [0.15, 0.2) is 41.0 Å². The molecule has 0 bridgehead atoms. The number of anilines is 1. The van der Waals surface area contributed by atoms with Crippen molar-refractivity contribution in [2.45, 2.75) is 19.9 Å². The highest BCUT2D eigenvalue weighted by Crippen LogP contribution is 2.20. The summed E-state index contributed by atoms with van der Waals surface area (Å²) in [7, 11) is 1.88. The minimum absolute atomic E-state index is 0.0431. The Labute approximate surface area is 150 Å². The van der Waals surface area contributed by atoms with Crippen LogP contribution >= 0.6 is 27.5 Å². The molecule has 23 heavy (non-hydrogen) atoms. The maximum atomic E-state index is 12.2. The Morgan fingerprint density at radius 2 is 2.13 bits per heavy atom. The zero-order valence-corrected chi connectivity index (χ0v) is 15.5. The smallest absolute Gasteiger partial charge is 0.238 e. The molecule has 1 aromatic carbocycles. The molecular formula is C17H19BrClN3O. The van der Waals surface area contributed by atoms with Gasteiger partial charge in [0.05, 0.1) is 17.3 Å². The van der Waals surface area contributed by atoms with Crippen molar-refractivity contribution in [2.24, 2.45) is 0 Å². The molecule has 122 valence electrons. The van der Waals surface area contributed by atoms with Crippen molar-refractivity contribution >= 4 is 39.1 Å². The number of pyridine rings is 1. The van der Waals surface area contributed by atoms with Gasteiger partial charge in [-0.15, -0.1) is 0 Å². The molecule has 0 aliphatic heterocycles. The van der Waals surface area contributed by atoms with Crippen molar-refractivity contribution in [3.05, 3.63) is 57.3 Å². The van der Waals surface area contributed by atoms with Gasteiger partial charge in [-0.25, -0.2) is 0 Å². The number of rotatable bonds is 6. The van der Waals surface area contributed by atoms with Crippen molar-refractivity contribution in [1.82, 2.24) is 9.88 Å². The fourth-order valence-corrected chi connectivity index (χ4v) is 3.02. The molecule has 1 amide bonds. The van der Waals surface area contributed by atoms with Crippen LogP contribution in [0.5, 0.6) is 0 Å². The van der Waals surface area contributed by atoms with Crippen molar-refractivity contribution in [1.29, 1.82) is 0 Å².